The number of hydrogen-bond donors (Lipinski definition) is 0. The van der Waals surface area contributed by atoms with E-state index in [0.717, 1.165) is 37.1 Å². The van der Waals surface area contributed by atoms with Crippen molar-refractivity contribution in [2.24, 2.45) is 5.92 Å². The second kappa shape index (κ2) is 10.2. The van der Waals surface area contributed by atoms with Crippen LogP contribution in [0.3, 0.4) is 0 Å². The second-order valence-electron chi connectivity index (χ2n) is 8.41. The average molecular weight is 443 g/mol. The standard InChI is InChI=1S/C24H28F2N4O2/c25-19-4-5-21(26)20(17-19)24(32)18-6-10-28(11-7-18)12-8-23(31)30-15-13-29(14-16-30)22-3-1-2-9-27-22/h1-5,9,17-18H,6-8,10-16H2. The molecule has 2 aliphatic heterocycles. The highest BCUT2D eigenvalue weighted by atomic mass is 19.1. The van der Waals surface area contributed by atoms with Gasteiger partial charge in [0, 0.05) is 51.3 Å². The molecule has 2 saturated heterocycles. The van der Waals surface area contributed by atoms with Gasteiger partial charge < -0.3 is 14.7 Å². The number of ketones is 1. The number of carbonyl (C=O) groups is 2. The van der Waals surface area contributed by atoms with Gasteiger partial charge in [-0.25, -0.2) is 13.8 Å². The first-order valence-electron chi connectivity index (χ1n) is 11.2. The lowest BCUT2D eigenvalue weighted by Crippen LogP contribution is -2.49. The van der Waals surface area contributed by atoms with Crippen LogP contribution in [0.25, 0.3) is 0 Å². The summed E-state index contributed by atoms with van der Waals surface area (Å²) in [6.07, 6.45) is 3.40. The van der Waals surface area contributed by atoms with Crippen molar-refractivity contribution in [3.8, 4) is 0 Å². The number of piperazine rings is 1. The van der Waals surface area contributed by atoms with Crippen LogP contribution < -0.4 is 4.90 Å². The monoisotopic (exact) mass is 442 g/mol. The SMILES string of the molecule is O=C(c1cc(F)ccc1F)C1CCN(CCC(=O)N2CCN(c3ccccn3)CC2)CC1. The van der Waals surface area contributed by atoms with Crippen molar-refractivity contribution < 1.29 is 18.4 Å². The van der Waals surface area contributed by atoms with E-state index in [1.807, 2.05) is 23.1 Å². The summed E-state index contributed by atoms with van der Waals surface area (Å²) in [4.78, 5) is 35.9. The molecule has 0 saturated carbocycles. The van der Waals surface area contributed by atoms with Crippen LogP contribution in [0, 0.1) is 17.6 Å². The first-order valence-corrected chi connectivity index (χ1v) is 11.2. The van der Waals surface area contributed by atoms with Gasteiger partial charge >= 0.3 is 0 Å². The van der Waals surface area contributed by atoms with Gasteiger partial charge in [-0.2, -0.15) is 0 Å². The molecule has 0 atom stereocenters. The fourth-order valence-corrected chi connectivity index (χ4v) is 4.46. The zero-order valence-corrected chi connectivity index (χ0v) is 18.1. The summed E-state index contributed by atoms with van der Waals surface area (Å²) in [7, 11) is 0. The number of pyridine rings is 1. The molecule has 1 aromatic heterocycles. The summed E-state index contributed by atoms with van der Waals surface area (Å²) in [6, 6.07) is 8.83. The smallest absolute Gasteiger partial charge is 0.223 e. The van der Waals surface area contributed by atoms with E-state index in [9.17, 15) is 18.4 Å². The number of likely N-dealkylation sites (tertiary alicyclic amines) is 1. The number of carbonyl (C=O) groups excluding carboxylic acids is 2. The maximum absolute atomic E-state index is 13.9. The number of anilines is 1. The first kappa shape index (κ1) is 22.3. The molecule has 1 amide bonds. The summed E-state index contributed by atoms with van der Waals surface area (Å²) >= 11 is 0. The third kappa shape index (κ3) is 5.30. The van der Waals surface area contributed by atoms with Gasteiger partial charge in [0.15, 0.2) is 5.78 Å². The molecule has 0 unspecified atom stereocenters. The number of piperidine rings is 1. The zero-order valence-electron chi connectivity index (χ0n) is 18.1. The van der Waals surface area contributed by atoms with Gasteiger partial charge in [0.05, 0.1) is 5.56 Å². The molecular weight excluding hydrogens is 414 g/mol. The molecule has 6 nitrogen and oxygen atoms in total. The van der Waals surface area contributed by atoms with Gasteiger partial charge in [-0.15, -0.1) is 0 Å². The van der Waals surface area contributed by atoms with Crippen molar-refractivity contribution in [3.05, 3.63) is 59.8 Å². The third-order valence-electron chi connectivity index (χ3n) is 6.40. The van der Waals surface area contributed by atoms with Crippen molar-refractivity contribution in [1.82, 2.24) is 14.8 Å². The fraction of sp³-hybridized carbons (Fsp3) is 0.458. The van der Waals surface area contributed by atoms with E-state index in [1.54, 1.807) is 6.20 Å². The molecule has 2 aromatic rings. The Labute approximate surface area is 186 Å². The molecule has 3 heterocycles. The lowest BCUT2D eigenvalue weighted by Gasteiger charge is -2.36. The van der Waals surface area contributed by atoms with Crippen LogP contribution in [0.1, 0.15) is 29.6 Å². The Bertz CT molecular complexity index is 940. The predicted octanol–water partition coefficient (Wildman–Crippen LogP) is 2.99. The maximum atomic E-state index is 13.9. The Morgan fingerprint density at radius 2 is 1.72 bits per heavy atom. The topological polar surface area (TPSA) is 56.8 Å². The maximum Gasteiger partial charge on any atom is 0.223 e. The predicted molar refractivity (Wildman–Crippen MR) is 117 cm³/mol. The summed E-state index contributed by atoms with van der Waals surface area (Å²) < 4.78 is 27.3. The molecule has 32 heavy (non-hydrogen) atoms. The van der Waals surface area contributed by atoms with E-state index in [2.05, 4.69) is 14.8 Å². The minimum absolute atomic E-state index is 0.144. The molecule has 0 N–H and O–H groups in total. The first-order chi connectivity index (χ1) is 15.5. The van der Waals surface area contributed by atoms with Gasteiger partial charge in [-0.05, 0) is 56.3 Å². The lowest BCUT2D eigenvalue weighted by atomic mass is 9.88. The van der Waals surface area contributed by atoms with E-state index in [1.165, 1.54) is 0 Å². The Hall–Kier alpha value is -2.87. The molecule has 0 radical (unpaired) electrons. The van der Waals surface area contributed by atoms with Crippen molar-refractivity contribution in [2.45, 2.75) is 19.3 Å². The van der Waals surface area contributed by atoms with Gasteiger partial charge in [-0.1, -0.05) is 6.07 Å². The molecule has 1 aromatic carbocycles. The highest BCUT2D eigenvalue weighted by Gasteiger charge is 2.28. The van der Waals surface area contributed by atoms with E-state index >= 15 is 0 Å². The number of halogens is 2. The normalized spacial score (nSPS) is 18.1. The van der Waals surface area contributed by atoms with E-state index in [-0.39, 0.29) is 23.2 Å². The average Bonchev–Trinajstić information content (AvgIpc) is 2.84. The quantitative estimate of drug-likeness (QED) is 0.644. The number of nitrogens with zero attached hydrogens (tertiary/aromatic N) is 4. The van der Waals surface area contributed by atoms with Crippen molar-refractivity contribution in [1.29, 1.82) is 0 Å². The number of Topliss-reactive ketones (excluding diaryl/α,β-unsaturated/α-hetero) is 1. The van der Waals surface area contributed by atoms with Gasteiger partial charge in [0.25, 0.3) is 0 Å². The third-order valence-corrected chi connectivity index (χ3v) is 6.40. The van der Waals surface area contributed by atoms with Crippen molar-refractivity contribution in [2.75, 3.05) is 50.7 Å². The molecule has 170 valence electrons. The highest BCUT2D eigenvalue weighted by molar-refractivity contribution is 5.98. The highest BCUT2D eigenvalue weighted by Crippen LogP contribution is 2.24. The van der Waals surface area contributed by atoms with Crippen molar-refractivity contribution in [3.63, 3.8) is 0 Å². The Morgan fingerprint density at radius 1 is 0.969 bits per heavy atom. The van der Waals surface area contributed by atoms with Crippen LogP contribution in [-0.2, 0) is 4.79 Å². The minimum atomic E-state index is -0.674. The molecule has 0 bridgehead atoms. The minimum Gasteiger partial charge on any atom is -0.353 e. The van der Waals surface area contributed by atoms with E-state index in [4.69, 9.17) is 0 Å². The number of aromatic nitrogens is 1. The molecule has 2 aliphatic rings. The molecule has 0 aliphatic carbocycles. The number of benzene rings is 1. The van der Waals surface area contributed by atoms with Crippen LogP contribution in [-0.4, -0.2) is 72.3 Å². The van der Waals surface area contributed by atoms with E-state index < -0.39 is 11.6 Å². The van der Waals surface area contributed by atoms with Crippen LogP contribution in [0.2, 0.25) is 0 Å². The molecule has 4 rings (SSSR count). The molecule has 8 heteroatoms. The Morgan fingerprint density at radius 3 is 2.41 bits per heavy atom. The van der Waals surface area contributed by atoms with Gasteiger partial charge in [-0.3, -0.25) is 9.59 Å². The van der Waals surface area contributed by atoms with Crippen LogP contribution in [0.4, 0.5) is 14.6 Å². The summed E-state index contributed by atoms with van der Waals surface area (Å²) in [6.45, 7) is 4.91. The fourth-order valence-electron chi connectivity index (χ4n) is 4.46. The second-order valence-corrected chi connectivity index (χ2v) is 8.41. The Balaban J connectivity index is 1.19. The molecule has 0 spiro atoms. The van der Waals surface area contributed by atoms with Crippen LogP contribution in [0.5, 0.6) is 0 Å². The number of hydrogen-bond acceptors (Lipinski definition) is 5. The molecule has 2 fully saturated rings. The largest absolute Gasteiger partial charge is 0.353 e. The van der Waals surface area contributed by atoms with Crippen LogP contribution >= 0.6 is 0 Å². The van der Waals surface area contributed by atoms with Crippen LogP contribution in [0.15, 0.2) is 42.6 Å². The lowest BCUT2D eigenvalue weighted by molar-refractivity contribution is -0.131. The number of amides is 1. The molecular formula is C24H28F2N4O2. The number of rotatable bonds is 6. The van der Waals surface area contributed by atoms with Gasteiger partial charge in [0.1, 0.15) is 17.5 Å². The summed E-state index contributed by atoms with van der Waals surface area (Å²) in [5.41, 5.74) is -0.163. The summed E-state index contributed by atoms with van der Waals surface area (Å²) in [5.74, 6) is -0.832. The van der Waals surface area contributed by atoms with Gasteiger partial charge in [0.2, 0.25) is 5.91 Å². The van der Waals surface area contributed by atoms with Crippen molar-refractivity contribution >= 4 is 17.5 Å². The van der Waals surface area contributed by atoms with E-state index in [0.29, 0.717) is 52.0 Å². The zero-order chi connectivity index (χ0) is 22.5. The Kier molecular flexibility index (Phi) is 7.09. The summed E-state index contributed by atoms with van der Waals surface area (Å²) in [5, 5.41) is 0.